The maximum atomic E-state index is 10.6. The summed E-state index contributed by atoms with van der Waals surface area (Å²) in [6.45, 7) is 1.42. The lowest BCUT2D eigenvalue weighted by Gasteiger charge is -2.01. The summed E-state index contributed by atoms with van der Waals surface area (Å²) >= 11 is 0. The molecule has 2 aromatic rings. The minimum atomic E-state index is -1.00. The smallest absolute Gasteiger partial charge is 0.356 e. The van der Waals surface area contributed by atoms with E-state index in [1.807, 2.05) is 10.8 Å². The minimum absolute atomic E-state index is 0.0700. The fraction of sp³-hybridized carbons (Fsp3) is 0.222. The van der Waals surface area contributed by atoms with E-state index in [1.54, 1.807) is 17.1 Å². The molecule has 2 rings (SSSR count). The van der Waals surface area contributed by atoms with Crippen LogP contribution in [0, 0.1) is 0 Å². The molecule has 6 nitrogen and oxygen atoms in total. The molecule has 2 heterocycles. The lowest BCUT2D eigenvalue weighted by Crippen LogP contribution is -2.04. The number of imidazole rings is 2. The Kier molecular flexibility index (Phi) is 2.49. The van der Waals surface area contributed by atoms with Crippen LogP contribution in [0.2, 0.25) is 0 Å². The molecular formula is C9H10N4O2. The van der Waals surface area contributed by atoms with Crippen LogP contribution >= 0.6 is 0 Å². The molecule has 0 atom stereocenters. The molecule has 0 fully saturated rings. The number of hydrogen-bond acceptors (Lipinski definition) is 3. The molecule has 6 heteroatoms. The van der Waals surface area contributed by atoms with Gasteiger partial charge in [-0.25, -0.2) is 14.8 Å². The first-order valence-electron chi connectivity index (χ1n) is 4.46. The van der Waals surface area contributed by atoms with Crippen LogP contribution in [0.5, 0.6) is 0 Å². The molecule has 0 aliphatic rings. The number of carbonyl (C=O) groups is 1. The zero-order valence-electron chi connectivity index (χ0n) is 7.95. The average Bonchev–Trinajstić information content (AvgIpc) is 2.86. The third-order valence-electron chi connectivity index (χ3n) is 2.03. The van der Waals surface area contributed by atoms with Crippen LogP contribution in [0.4, 0.5) is 0 Å². The zero-order valence-corrected chi connectivity index (χ0v) is 7.95. The highest BCUT2D eigenvalue weighted by molar-refractivity contribution is 5.84. The highest BCUT2D eigenvalue weighted by atomic mass is 16.4. The predicted molar refractivity (Wildman–Crippen MR) is 51.4 cm³/mol. The lowest BCUT2D eigenvalue weighted by molar-refractivity contribution is 0.0691. The second kappa shape index (κ2) is 3.95. The Balaban J connectivity index is 1.96. The van der Waals surface area contributed by atoms with Crippen molar-refractivity contribution in [2.24, 2.45) is 0 Å². The Morgan fingerprint density at radius 3 is 2.73 bits per heavy atom. The summed E-state index contributed by atoms with van der Waals surface area (Å²) in [4.78, 5) is 18.2. The van der Waals surface area contributed by atoms with E-state index in [0.717, 1.165) is 6.54 Å². The van der Waals surface area contributed by atoms with Crippen molar-refractivity contribution in [2.75, 3.05) is 0 Å². The number of aromatic carboxylic acids is 1. The van der Waals surface area contributed by atoms with E-state index >= 15 is 0 Å². The molecule has 0 aliphatic carbocycles. The van der Waals surface area contributed by atoms with Crippen molar-refractivity contribution in [1.29, 1.82) is 0 Å². The summed E-state index contributed by atoms with van der Waals surface area (Å²) in [6, 6.07) is 0. The van der Waals surface area contributed by atoms with Crippen LogP contribution < -0.4 is 0 Å². The number of rotatable bonds is 4. The summed E-state index contributed by atoms with van der Waals surface area (Å²) < 4.78 is 3.66. The Labute approximate surface area is 85.8 Å². The first-order chi connectivity index (χ1) is 7.25. The standard InChI is InChI=1S/C9H10N4O2/c14-9(15)8-5-13(7-11-8)4-3-12-2-1-10-6-12/h1-2,5-7H,3-4H2,(H,14,15). The number of aryl methyl sites for hydroxylation is 2. The third-order valence-corrected chi connectivity index (χ3v) is 2.03. The van der Waals surface area contributed by atoms with Gasteiger partial charge in [-0.1, -0.05) is 0 Å². The van der Waals surface area contributed by atoms with Gasteiger partial charge in [0.15, 0.2) is 5.69 Å². The van der Waals surface area contributed by atoms with Crippen molar-refractivity contribution in [3.8, 4) is 0 Å². The van der Waals surface area contributed by atoms with Crippen LogP contribution in [0.1, 0.15) is 10.5 Å². The Bertz CT molecular complexity index is 446. The second-order valence-corrected chi connectivity index (χ2v) is 3.10. The van der Waals surface area contributed by atoms with E-state index in [9.17, 15) is 4.79 Å². The number of carboxylic acid groups (broad SMARTS) is 1. The van der Waals surface area contributed by atoms with Gasteiger partial charge >= 0.3 is 5.97 Å². The molecule has 0 saturated heterocycles. The van der Waals surface area contributed by atoms with Gasteiger partial charge in [0.25, 0.3) is 0 Å². The number of aromatic nitrogens is 4. The summed E-state index contributed by atoms with van der Waals surface area (Å²) in [5.74, 6) is -1.00. The maximum Gasteiger partial charge on any atom is 0.356 e. The molecule has 0 aromatic carbocycles. The SMILES string of the molecule is O=C(O)c1cn(CCn2ccnc2)cn1. The van der Waals surface area contributed by atoms with Gasteiger partial charge in [0.05, 0.1) is 12.7 Å². The molecule has 0 unspecified atom stereocenters. The summed E-state index contributed by atoms with van der Waals surface area (Å²) in [5.41, 5.74) is 0.0700. The molecule has 2 aromatic heterocycles. The Morgan fingerprint density at radius 1 is 1.33 bits per heavy atom. The fourth-order valence-electron chi connectivity index (χ4n) is 1.24. The van der Waals surface area contributed by atoms with Crippen LogP contribution in [0.3, 0.4) is 0 Å². The maximum absolute atomic E-state index is 10.6. The molecule has 0 saturated carbocycles. The van der Waals surface area contributed by atoms with Gasteiger partial charge < -0.3 is 14.2 Å². The van der Waals surface area contributed by atoms with Crippen molar-refractivity contribution < 1.29 is 9.90 Å². The molecule has 1 N–H and O–H groups in total. The van der Waals surface area contributed by atoms with Gasteiger partial charge in [0.1, 0.15) is 0 Å². The highest BCUT2D eigenvalue weighted by Crippen LogP contribution is 1.97. The largest absolute Gasteiger partial charge is 0.476 e. The van der Waals surface area contributed by atoms with Gasteiger partial charge in [-0.3, -0.25) is 0 Å². The topological polar surface area (TPSA) is 72.9 Å². The van der Waals surface area contributed by atoms with Crippen LogP contribution in [-0.2, 0) is 13.1 Å². The first kappa shape index (κ1) is 9.45. The van der Waals surface area contributed by atoms with Crippen molar-refractivity contribution in [2.45, 2.75) is 13.1 Å². The van der Waals surface area contributed by atoms with Gasteiger partial charge in [-0.15, -0.1) is 0 Å². The molecule has 0 radical (unpaired) electrons. The zero-order chi connectivity index (χ0) is 10.7. The second-order valence-electron chi connectivity index (χ2n) is 3.10. The summed E-state index contributed by atoms with van der Waals surface area (Å²) in [6.07, 6.45) is 8.31. The molecule has 0 aliphatic heterocycles. The van der Waals surface area contributed by atoms with Crippen molar-refractivity contribution in [3.63, 3.8) is 0 Å². The van der Waals surface area contributed by atoms with E-state index in [0.29, 0.717) is 6.54 Å². The van der Waals surface area contributed by atoms with Crippen LogP contribution in [0.25, 0.3) is 0 Å². The van der Waals surface area contributed by atoms with Crippen molar-refractivity contribution in [1.82, 2.24) is 19.1 Å². The van der Waals surface area contributed by atoms with Gasteiger partial charge in [-0.2, -0.15) is 0 Å². The highest BCUT2D eigenvalue weighted by Gasteiger charge is 2.05. The Hall–Kier alpha value is -2.11. The predicted octanol–water partition coefficient (Wildman–Crippen LogP) is 0.478. The van der Waals surface area contributed by atoms with Crippen molar-refractivity contribution >= 4 is 5.97 Å². The number of hydrogen-bond donors (Lipinski definition) is 1. The monoisotopic (exact) mass is 206 g/mol. The normalized spacial score (nSPS) is 10.4. The molecule has 0 bridgehead atoms. The van der Waals surface area contributed by atoms with Crippen molar-refractivity contribution in [3.05, 3.63) is 36.9 Å². The van der Waals surface area contributed by atoms with Gasteiger partial charge in [0, 0.05) is 31.7 Å². The van der Waals surface area contributed by atoms with Crippen LogP contribution in [-0.4, -0.2) is 30.2 Å². The molecule has 15 heavy (non-hydrogen) atoms. The number of nitrogens with zero attached hydrogens (tertiary/aromatic N) is 4. The van der Waals surface area contributed by atoms with Crippen LogP contribution in [0.15, 0.2) is 31.2 Å². The summed E-state index contributed by atoms with van der Waals surface area (Å²) in [5, 5.41) is 8.66. The van der Waals surface area contributed by atoms with Gasteiger partial charge in [-0.05, 0) is 0 Å². The van der Waals surface area contributed by atoms with E-state index in [-0.39, 0.29) is 5.69 Å². The van der Waals surface area contributed by atoms with E-state index in [2.05, 4.69) is 9.97 Å². The average molecular weight is 206 g/mol. The minimum Gasteiger partial charge on any atom is -0.476 e. The van der Waals surface area contributed by atoms with Gasteiger partial charge in [0.2, 0.25) is 0 Å². The summed E-state index contributed by atoms with van der Waals surface area (Å²) in [7, 11) is 0. The molecule has 0 amide bonds. The number of carboxylic acids is 1. The van der Waals surface area contributed by atoms with E-state index in [1.165, 1.54) is 12.5 Å². The fourth-order valence-corrected chi connectivity index (χ4v) is 1.24. The quantitative estimate of drug-likeness (QED) is 0.789. The first-order valence-corrected chi connectivity index (χ1v) is 4.46. The molecule has 78 valence electrons. The van der Waals surface area contributed by atoms with E-state index < -0.39 is 5.97 Å². The Morgan fingerprint density at radius 2 is 2.13 bits per heavy atom. The van der Waals surface area contributed by atoms with E-state index in [4.69, 9.17) is 5.11 Å². The molecular weight excluding hydrogens is 196 g/mol. The third kappa shape index (κ3) is 2.22. The molecule has 0 spiro atoms. The lowest BCUT2D eigenvalue weighted by atomic mass is 10.5.